The summed E-state index contributed by atoms with van der Waals surface area (Å²) in [6.07, 6.45) is 0.0839. The molecule has 4 amide bonds. The van der Waals surface area contributed by atoms with Gasteiger partial charge in [0, 0.05) is 29.3 Å². The maximum atomic E-state index is 14.7. The summed E-state index contributed by atoms with van der Waals surface area (Å²) in [5, 5.41) is 12.4. The number of fused-ring (bicyclic) bond motifs is 1. The third kappa shape index (κ3) is 10.4. The molecule has 5 atom stereocenters. The molecule has 328 valence electrons. The van der Waals surface area contributed by atoms with Crippen LogP contribution in [0.5, 0.6) is 5.75 Å². The van der Waals surface area contributed by atoms with Gasteiger partial charge in [0.15, 0.2) is 5.13 Å². The van der Waals surface area contributed by atoms with Crippen molar-refractivity contribution in [2.24, 2.45) is 11.3 Å². The van der Waals surface area contributed by atoms with E-state index in [0.29, 0.717) is 57.5 Å². The topological polar surface area (TPSA) is 207 Å². The second-order valence-electron chi connectivity index (χ2n) is 18.6. The molecule has 2 saturated carbocycles. The number of likely N-dealkylation sites (tertiary alicyclic amines) is 1. The number of aromatic nitrogens is 2. The smallest absolute Gasteiger partial charge is 0.408 e. The first-order valence-electron chi connectivity index (χ1n) is 20.2. The van der Waals surface area contributed by atoms with Crippen LogP contribution >= 0.6 is 22.9 Å². The number of halogens is 1. The number of hydrogen-bond donors (Lipinski definition) is 4. The first-order chi connectivity index (χ1) is 27.8. The minimum absolute atomic E-state index is 0.0198. The third-order valence-electron chi connectivity index (χ3n) is 10.7. The van der Waals surface area contributed by atoms with Crippen molar-refractivity contribution >= 4 is 73.1 Å². The number of nitrogens with zero attached hydrogens (tertiary/aromatic N) is 3. The molecule has 2 aliphatic carbocycles. The molecule has 19 heteroatoms. The van der Waals surface area contributed by atoms with E-state index in [0.717, 1.165) is 0 Å². The second-order valence-corrected chi connectivity index (χ2v) is 21.1. The van der Waals surface area contributed by atoms with Gasteiger partial charge in [-0.3, -0.25) is 14.4 Å². The van der Waals surface area contributed by atoms with Crippen LogP contribution in [0, 0.1) is 11.3 Å². The number of thiazole rings is 1. The fourth-order valence-corrected chi connectivity index (χ4v) is 9.49. The van der Waals surface area contributed by atoms with E-state index in [2.05, 4.69) is 16.0 Å². The van der Waals surface area contributed by atoms with E-state index in [1.807, 2.05) is 36.9 Å². The highest BCUT2D eigenvalue weighted by molar-refractivity contribution is 7.85. The molecule has 1 aliphatic heterocycles. The number of anilines is 1. The summed E-state index contributed by atoms with van der Waals surface area (Å²) in [4.78, 5) is 67.1. The van der Waals surface area contributed by atoms with Crippen LogP contribution in [0.1, 0.15) is 101 Å². The molecule has 1 aromatic carbocycles. The fraction of sp³-hybridized carbons (Fsp3) is 0.610. The zero-order chi connectivity index (χ0) is 44.2. The van der Waals surface area contributed by atoms with Crippen LogP contribution in [0.3, 0.4) is 0 Å². The Morgan fingerprint density at radius 2 is 1.77 bits per heavy atom. The number of ether oxygens (including phenoxy) is 2. The predicted molar refractivity (Wildman–Crippen MR) is 229 cm³/mol. The SMILES string of the molecule is CC[C@@H]1C[C@]1(NC(=O)[C@@H]1C[C@@H](Oc2cc(-c3csc(NC(C)C)n3)nc3c(Cl)cccc23)CN1C(=O)[C@@H](NC(=O)OC(C)(C)C)C(C)(C)C)C(=O)NS(=O)(=O)OC1(C)CC1. The van der Waals surface area contributed by atoms with Gasteiger partial charge in [0.2, 0.25) is 11.8 Å². The van der Waals surface area contributed by atoms with Crippen LogP contribution in [0.15, 0.2) is 29.6 Å². The van der Waals surface area contributed by atoms with Gasteiger partial charge in [-0.2, -0.15) is 8.42 Å². The predicted octanol–water partition coefficient (Wildman–Crippen LogP) is 6.33. The van der Waals surface area contributed by atoms with Crippen LogP contribution in [0.4, 0.5) is 9.93 Å². The van der Waals surface area contributed by atoms with E-state index in [4.69, 9.17) is 35.2 Å². The fourth-order valence-electron chi connectivity index (χ4n) is 7.27. The molecule has 1 saturated heterocycles. The standard InChI is InChI=1S/C41H56ClN7O9S2/c1-11-23-19-41(23,35(52)48-60(54,55)58-40(10)15-16-40)47-33(50)29-17-24(20-49(29)34(51)32(38(4,5)6)46-37(53)57-39(7,8)9)56-30-18-27(28-21-59-36(45-28)43-22(2)3)44-31-25(30)13-12-14-26(31)42/h12-14,18,21-24,29,32H,11,15-17,19-20H2,1-10H3,(H,43,45)(H,46,53)(H,47,50)(H,48,52)/t23-,24-,29+,32-,41-/m1/s1. The lowest BCUT2D eigenvalue weighted by atomic mass is 9.85. The number of rotatable bonds is 14. The zero-order valence-corrected chi connectivity index (χ0v) is 38.1. The summed E-state index contributed by atoms with van der Waals surface area (Å²) in [5.41, 5.74) is -2.60. The van der Waals surface area contributed by atoms with Gasteiger partial charge in [-0.25, -0.2) is 23.7 Å². The van der Waals surface area contributed by atoms with Crippen molar-refractivity contribution in [2.75, 3.05) is 11.9 Å². The quantitative estimate of drug-likeness (QED) is 0.140. The number of para-hydroxylation sites is 1. The summed E-state index contributed by atoms with van der Waals surface area (Å²) in [6.45, 7) is 17.9. The van der Waals surface area contributed by atoms with Gasteiger partial charge < -0.3 is 30.3 Å². The molecule has 16 nitrogen and oxygen atoms in total. The summed E-state index contributed by atoms with van der Waals surface area (Å²) >= 11 is 8.11. The molecule has 4 N–H and O–H groups in total. The summed E-state index contributed by atoms with van der Waals surface area (Å²) in [5.74, 6) is -2.17. The molecule has 0 unspecified atom stereocenters. The molecule has 0 spiro atoms. The average Bonchev–Trinajstić information content (AvgIpc) is 3.88. The lowest BCUT2D eigenvalue weighted by Crippen LogP contribution is -2.60. The average molecular weight is 891 g/mol. The molecular formula is C41H56ClN7O9S2. The van der Waals surface area contributed by atoms with Crippen molar-refractivity contribution in [1.29, 1.82) is 0 Å². The molecule has 0 radical (unpaired) electrons. The Morgan fingerprint density at radius 3 is 2.37 bits per heavy atom. The van der Waals surface area contributed by atoms with Crippen molar-refractivity contribution in [3.8, 4) is 17.1 Å². The van der Waals surface area contributed by atoms with Gasteiger partial charge in [-0.05, 0) is 84.3 Å². The second kappa shape index (κ2) is 16.5. The highest BCUT2D eigenvalue weighted by Gasteiger charge is 2.62. The highest BCUT2D eigenvalue weighted by atomic mass is 35.5. The van der Waals surface area contributed by atoms with Crippen LogP contribution in [0.25, 0.3) is 22.3 Å². The number of carbonyl (C=O) groups excluding carboxylic acids is 4. The molecule has 0 bridgehead atoms. The Labute approximate surface area is 360 Å². The van der Waals surface area contributed by atoms with Gasteiger partial charge >= 0.3 is 16.4 Å². The van der Waals surface area contributed by atoms with E-state index >= 15 is 0 Å². The van der Waals surface area contributed by atoms with Crippen molar-refractivity contribution in [3.63, 3.8) is 0 Å². The Bertz CT molecular complexity index is 2270. The normalized spacial score (nSPS) is 22.9. The van der Waals surface area contributed by atoms with Crippen LogP contribution in [0.2, 0.25) is 5.02 Å². The van der Waals surface area contributed by atoms with Crippen molar-refractivity contribution in [2.45, 2.75) is 142 Å². The molecule has 3 heterocycles. The summed E-state index contributed by atoms with van der Waals surface area (Å²) in [7, 11) is -4.48. The van der Waals surface area contributed by atoms with Gasteiger partial charge in [-0.15, -0.1) is 11.3 Å². The number of carbonyl (C=O) groups is 4. The maximum absolute atomic E-state index is 14.7. The lowest BCUT2D eigenvalue weighted by molar-refractivity contribution is -0.143. The van der Waals surface area contributed by atoms with Crippen molar-refractivity contribution in [1.82, 2.24) is 30.2 Å². The largest absolute Gasteiger partial charge is 0.488 e. The minimum atomic E-state index is -4.48. The molecule has 3 fully saturated rings. The Balaban J connectivity index is 1.33. The maximum Gasteiger partial charge on any atom is 0.408 e. The Hall–Kier alpha value is -4.26. The first-order valence-corrected chi connectivity index (χ1v) is 22.9. The summed E-state index contributed by atoms with van der Waals surface area (Å²) < 4.78 is 45.2. The summed E-state index contributed by atoms with van der Waals surface area (Å²) in [6, 6.07) is 4.84. The van der Waals surface area contributed by atoms with E-state index in [1.54, 1.807) is 66.7 Å². The number of benzene rings is 1. The number of pyridine rings is 1. The minimum Gasteiger partial charge on any atom is -0.488 e. The lowest BCUT2D eigenvalue weighted by Gasteiger charge is -2.36. The van der Waals surface area contributed by atoms with Gasteiger partial charge in [0.25, 0.3) is 5.91 Å². The molecule has 3 aromatic rings. The highest BCUT2D eigenvalue weighted by Crippen LogP contribution is 2.47. The Kier molecular flexibility index (Phi) is 12.5. The van der Waals surface area contributed by atoms with E-state index in [-0.39, 0.29) is 31.3 Å². The monoisotopic (exact) mass is 889 g/mol. The zero-order valence-electron chi connectivity index (χ0n) is 35.7. The van der Waals surface area contributed by atoms with Gasteiger partial charge in [0.1, 0.15) is 40.8 Å². The Morgan fingerprint density at radius 1 is 1.07 bits per heavy atom. The molecular weight excluding hydrogens is 834 g/mol. The number of amides is 4. The van der Waals surface area contributed by atoms with E-state index in [1.165, 1.54) is 16.2 Å². The van der Waals surface area contributed by atoms with E-state index in [9.17, 15) is 27.6 Å². The van der Waals surface area contributed by atoms with Crippen LogP contribution in [-0.2, 0) is 33.6 Å². The van der Waals surface area contributed by atoms with Crippen molar-refractivity contribution in [3.05, 3.63) is 34.7 Å². The van der Waals surface area contributed by atoms with E-state index < -0.39 is 74.5 Å². The third-order valence-corrected chi connectivity index (χ3v) is 12.8. The number of nitrogens with one attached hydrogen (secondary N) is 4. The van der Waals surface area contributed by atoms with Gasteiger partial charge in [0.05, 0.1) is 28.4 Å². The number of hydrogen-bond acceptors (Lipinski definition) is 13. The van der Waals surface area contributed by atoms with Gasteiger partial charge in [-0.1, -0.05) is 51.8 Å². The van der Waals surface area contributed by atoms with Crippen LogP contribution < -0.4 is 25.4 Å². The van der Waals surface area contributed by atoms with Crippen molar-refractivity contribution < 1.29 is 41.3 Å². The van der Waals surface area contributed by atoms with Crippen LogP contribution in [-0.4, -0.2) is 94.6 Å². The number of alkyl carbamates (subject to hydrolysis) is 1. The molecule has 60 heavy (non-hydrogen) atoms. The molecule has 2 aromatic heterocycles. The molecule has 6 rings (SSSR count). The molecule has 3 aliphatic rings. The first kappa shape index (κ1) is 45.3.